The zero-order valence-corrected chi connectivity index (χ0v) is 36.6. The van der Waals surface area contributed by atoms with Crippen LogP contribution in [0.5, 0.6) is 11.5 Å². The minimum atomic E-state index is -1.05. The molecule has 4 unspecified atom stereocenters. The number of phenols is 2. The lowest BCUT2D eigenvalue weighted by molar-refractivity contribution is -0.126. The van der Waals surface area contributed by atoms with Crippen molar-refractivity contribution >= 4 is 79.1 Å². The van der Waals surface area contributed by atoms with Gasteiger partial charge in [-0.2, -0.15) is 0 Å². The van der Waals surface area contributed by atoms with Crippen LogP contribution in [0.15, 0.2) is 97.1 Å². The molecule has 4 atom stereocenters. The van der Waals surface area contributed by atoms with E-state index in [-0.39, 0.29) is 83.7 Å². The number of phenolic OH excluding ortho intramolecular Hbond substituents is 2. The van der Waals surface area contributed by atoms with Gasteiger partial charge in [-0.15, -0.1) is 23.5 Å². The Labute approximate surface area is 375 Å². The number of hydrogen-bond acceptors (Lipinski definition) is 14. The van der Waals surface area contributed by atoms with Gasteiger partial charge >= 0.3 is 11.9 Å². The van der Waals surface area contributed by atoms with Crippen molar-refractivity contribution in [2.45, 2.75) is 48.5 Å². The smallest absolute Gasteiger partial charge is 0.335 e. The molecule has 0 aromatic heterocycles. The Morgan fingerprint density at radius 2 is 0.935 bits per heavy atom. The summed E-state index contributed by atoms with van der Waals surface area (Å²) in [4.78, 5) is 80.7. The summed E-state index contributed by atoms with van der Waals surface area (Å²) < 4.78 is 0. The van der Waals surface area contributed by atoms with Crippen molar-refractivity contribution in [1.29, 1.82) is 0 Å². The molecule has 0 saturated carbocycles. The maximum atomic E-state index is 13.6. The van der Waals surface area contributed by atoms with Gasteiger partial charge in [-0.3, -0.25) is 29.0 Å². The molecule has 4 aromatic rings. The predicted octanol–water partition coefficient (Wildman–Crippen LogP) is 5.96. The fourth-order valence-electron chi connectivity index (χ4n) is 7.39. The largest absolute Gasteiger partial charge is 0.508 e. The molecule has 62 heavy (non-hydrogen) atoms. The van der Waals surface area contributed by atoms with Crippen LogP contribution in [-0.2, 0) is 32.0 Å². The molecule has 4 aromatic carbocycles. The van der Waals surface area contributed by atoms with Gasteiger partial charge in [0.1, 0.15) is 11.5 Å². The van der Waals surface area contributed by atoms with E-state index in [9.17, 15) is 49.2 Å². The Hall–Kier alpha value is -4.98. The van der Waals surface area contributed by atoms with E-state index >= 15 is 0 Å². The maximum absolute atomic E-state index is 13.6. The molecule has 18 heteroatoms. The molecule has 6 rings (SSSR count). The minimum absolute atomic E-state index is 0.00266. The highest BCUT2D eigenvalue weighted by molar-refractivity contribution is 8.87. The second kappa shape index (κ2) is 22.4. The van der Waals surface area contributed by atoms with Crippen LogP contribution in [0.2, 0.25) is 0 Å². The fraction of sp³-hybridized carbons (Fsp3) is 0.318. The number of para-hydroxylation sites is 2. The lowest BCUT2D eigenvalue weighted by atomic mass is 10.0. The second-order valence-electron chi connectivity index (χ2n) is 14.4. The van der Waals surface area contributed by atoms with E-state index in [4.69, 9.17) is 0 Å². The van der Waals surface area contributed by atoms with E-state index < -0.39 is 34.8 Å². The maximum Gasteiger partial charge on any atom is 0.335 e. The number of carbonyl (C=O) groups is 6. The molecule has 2 amide bonds. The van der Waals surface area contributed by atoms with Crippen molar-refractivity contribution in [1.82, 2.24) is 20.4 Å². The van der Waals surface area contributed by atoms with Gasteiger partial charge in [0.15, 0.2) is 0 Å². The van der Waals surface area contributed by atoms with E-state index in [2.05, 4.69) is 10.6 Å². The average molecular weight is 919 g/mol. The Morgan fingerprint density at radius 3 is 1.32 bits per heavy atom. The third-order valence-electron chi connectivity index (χ3n) is 10.5. The lowest BCUT2D eigenvalue weighted by Gasteiger charge is -2.29. The first-order valence-electron chi connectivity index (χ1n) is 19.8. The number of aromatic carboxylic acids is 2. The molecule has 0 aliphatic carbocycles. The van der Waals surface area contributed by atoms with Crippen LogP contribution in [-0.4, -0.2) is 114 Å². The monoisotopic (exact) mass is 918 g/mol. The third-order valence-corrected chi connectivity index (χ3v) is 15.4. The zero-order valence-electron chi connectivity index (χ0n) is 33.4. The third kappa shape index (κ3) is 11.9. The van der Waals surface area contributed by atoms with Crippen molar-refractivity contribution < 1.29 is 49.2 Å². The highest BCUT2D eigenvalue weighted by atomic mass is 33.1. The Morgan fingerprint density at radius 1 is 0.565 bits per heavy atom. The number of amides is 2. The number of thioether (sulfide) groups is 2. The van der Waals surface area contributed by atoms with E-state index in [1.807, 2.05) is 9.80 Å². The van der Waals surface area contributed by atoms with Gasteiger partial charge in [0.05, 0.1) is 34.0 Å². The molecule has 2 fully saturated rings. The van der Waals surface area contributed by atoms with Gasteiger partial charge in [-0.1, -0.05) is 72.8 Å². The van der Waals surface area contributed by atoms with Crippen molar-refractivity contribution in [2.75, 3.05) is 37.7 Å². The second-order valence-corrected chi connectivity index (χ2v) is 18.9. The summed E-state index contributed by atoms with van der Waals surface area (Å²) >= 11 is 2.93. The summed E-state index contributed by atoms with van der Waals surface area (Å²) in [7, 11) is 1.61. The van der Waals surface area contributed by atoms with E-state index in [0.717, 1.165) is 21.6 Å². The van der Waals surface area contributed by atoms with Gasteiger partial charge in [-0.05, 0) is 69.8 Å². The molecule has 6 N–H and O–H groups in total. The summed E-state index contributed by atoms with van der Waals surface area (Å²) in [6, 6.07) is 25.6. The summed E-state index contributed by atoms with van der Waals surface area (Å²) in [6.45, 7) is 0.730. The zero-order chi connectivity index (χ0) is 44.2. The molecule has 2 aliphatic rings. The molecule has 0 radical (unpaired) electrons. The Kier molecular flexibility index (Phi) is 16.8. The molecular weight excluding hydrogens is 873 g/mol. The lowest BCUT2D eigenvalue weighted by Crippen LogP contribution is -2.46. The van der Waals surface area contributed by atoms with Crippen LogP contribution in [0.4, 0.5) is 0 Å². The van der Waals surface area contributed by atoms with Crippen LogP contribution in [0.1, 0.15) is 66.6 Å². The highest BCUT2D eigenvalue weighted by Gasteiger charge is 2.41. The number of rotatable bonds is 18. The molecule has 0 bridgehead atoms. The molecule has 2 heterocycles. The van der Waals surface area contributed by atoms with Crippen molar-refractivity contribution in [2.24, 2.45) is 0 Å². The normalized spacial score (nSPS) is 18.9. The number of nitrogens with one attached hydrogen (secondary N) is 2. The predicted molar refractivity (Wildman–Crippen MR) is 242 cm³/mol. The van der Waals surface area contributed by atoms with Crippen molar-refractivity contribution in [3.63, 3.8) is 0 Å². The van der Waals surface area contributed by atoms with Crippen LogP contribution in [0.3, 0.4) is 0 Å². The Balaban J connectivity index is 1.04. The summed E-state index contributed by atoms with van der Waals surface area (Å²) in [5, 5.41) is 44.9. The first-order valence-corrected chi connectivity index (χ1v) is 24.1. The topological polar surface area (TPSA) is 214 Å². The summed E-state index contributed by atoms with van der Waals surface area (Å²) in [5.41, 5.74) is 2.72. The molecular formula is C44H46N4O10S4. The van der Waals surface area contributed by atoms with E-state index in [1.54, 1.807) is 84.9 Å². The van der Waals surface area contributed by atoms with Gasteiger partial charge in [0.25, 0.3) is 0 Å². The standard InChI is InChI=1S/C44H46N4O10S4/c49-35-15-7-5-13-31(35)41-47(33(25-59-41)39(53)45-21-17-27-9-1-3-11-29(27)43(55)56)23-19-37(51)61-62-38(52)20-24-48-34(26-60-42(48)32-14-6-8-16-36(32)50)40(54)46-22-18-28-10-2-4-12-30(28)44(57)58/h1-16,33-34,41-42,49-50H,17-26H2,(H,45,53)(H,46,54)(H,55,56)(H,57,58). The van der Waals surface area contributed by atoms with E-state index in [1.165, 1.54) is 35.7 Å². The van der Waals surface area contributed by atoms with Crippen LogP contribution in [0, 0.1) is 0 Å². The first-order chi connectivity index (χ1) is 29.9. The Bertz CT molecular complexity index is 2120. The number of benzene rings is 4. The summed E-state index contributed by atoms with van der Waals surface area (Å²) in [6.07, 6.45) is 0.622. The summed E-state index contributed by atoms with van der Waals surface area (Å²) in [5.74, 6) is -1.77. The molecule has 14 nitrogen and oxygen atoms in total. The number of hydrogen-bond donors (Lipinski definition) is 6. The first kappa shape index (κ1) is 46.5. The SMILES string of the molecule is O=C(CCN1C(C(=O)NCCc2ccccc2C(=O)O)CSC1c1ccccc1O)SSC(=O)CCN1C(C(=O)NCCc2ccccc2C(=O)O)CSC1c1ccccc1O. The number of carbonyl (C=O) groups excluding carboxylic acids is 4. The van der Waals surface area contributed by atoms with Gasteiger partial charge in [0.2, 0.25) is 22.0 Å². The van der Waals surface area contributed by atoms with Crippen LogP contribution >= 0.6 is 45.1 Å². The van der Waals surface area contributed by atoms with Gasteiger partial charge in [-0.25, -0.2) is 9.59 Å². The molecule has 0 spiro atoms. The number of nitrogens with zero attached hydrogens (tertiary/aromatic N) is 2. The minimum Gasteiger partial charge on any atom is -0.508 e. The number of aromatic hydroxyl groups is 2. The average Bonchev–Trinajstić information content (AvgIpc) is 3.89. The highest BCUT2D eigenvalue weighted by Crippen LogP contribution is 2.46. The van der Waals surface area contributed by atoms with Crippen LogP contribution < -0.4 is 10.6 Å². The van der Waals surface area contributed by atoms with Gasteiger partial charge in [0, 0.05) is 61.7 Å². The van der Waals surface area contributed by atoms with Gasteiger partial charge < -0.3 is 31.1 Å². The number of carboxylic acids is 2. The van der Waals surface area contributed by atoms with E-state index in [0.29, 0.717) is 46.6 Å². The molecule has 326 valence electrons. The number of carboxylic acid groups (broad SMARTS) is 2. The van der Waals surface area contributed by atoms with Crippen molar-refractivity contribution in [3.05, 3.63) is 130 Å². The quantitative estimate of drug-likeness (QED) is 0.0636. The molecule has 2 saturated heterocycles. The van der Waals surface area contributed by atoms with Crippen molar-refractivity contribution in [3.8, 4) is 11.5 Å². The molecule has 2 aliphatic heterocycles. The fourth-order valence-corrected chi connectivity index (χ4v) is 12.0. The van der Waals surface area contributed by atoms with Crippen LogP contribution in [0.25, 0.3) is 0 Å².